The summed E-state index contributed by atoms with van der Waals surface area (Å²) in [5.41, 5.74) is 2.29. The Kier molecular flexibility index (Phi) is 8.75. The molecule has 1 heterocycles. The highest BCUT2D eigenvalue weighted by molar-refractivity contribution is 7.89. The van der Waals surface area contributed by atoms with Crippen molar-refractivity contribution < 1.29 is 27.5 Å². The summed E-state index contributed by atoms with van der Waals surface area (Å²) in [5.74, 6) is -0.968. The van der Waals surface area contributed by atoms with Crippen LogP contribution in [0.4, 0.5) is 15.6 Å². The third kappa shape index (κ3) is 7.34. The molecule has 0 unspecified atom stereocenters. The van der Waals surface area contributed by atoms with E-state index in [4.69, 9.17) is 0 Å². The Morgan fingerprint density at radius 3 is 2.62 bits per heavy atom. The minimum absolute atomic E-state index is 0.0108. The van der Waals surface area contributed by atoms with E-state index in [0.29, 0.717) is 16.9 Å². The van der Waals surface area contributed by atoms with Crippen molar-refractivity contribution in [2.24, 2.45) is 5.92 Å². The number of amides is 2. The molecule has 1 aromatic carbocycles. The van der Waals surface area contributed by atoms with Crippen LogP contribution in [-0.4, -0.2) is 44.0 Å². The smallest absolute Gasteiger partial charge is 0.325 e. The summed E-state index contributed by atoms with van der Waals surface area (Å²) in [6, 6.07) is 4.79. The molecule has 1 aliphatic rings. The Hall–Kier alpha value is -2.83. The van der Waals surface area contributed by atoms with Crippen LogP contribution in [0.2, 0.25) is 0 Å². The fourth-order valence-electron chi connectivity index (χ4n) is 3.65. The van der Waals surface area contributed by atoms with Crippen molar-refractivity contribution >= 4 is 50.0 Å². The van der Waals surface area contributed by atoms with Gasteiger partial charge in [-0.25, -0.2) is 22.9 Å². The number of anilines is 2. The summed E-state index contributed by atoms with van der Waals surface area (Å²) in [6.45, 7) is 1.82. The fraction of sp³-hybridized carbons (Fsp3) is 0.455. The number of thiazole rings is 1. The Balaban J connectivity index is 1.57. The first-order chi connectivity index (χ1) is 16.2. The quantitative estimate of drug-likeness (QED) is 0.329. The van der Waals surface area contributed by atoms with Crippen LogP contribution < -0.4 is 15.4 Å². The van der Waals surface area contributed by atoms with Gasteiger partial charge in [0.2, 0.25) is 10.0 Å². The lowest BCUT2D eigenvalue weighted by Gasteiger charge is -2.14. The molecule has 3 N–H and O–H groups in total. The van der Waals surface area contributed by atoms with E-state index in [2.05, 4.69) is 25.1 Å². The number of hydrogen-bond donors (Lipinski definition) is 3. The number of nitrogens with zero attached hydrogens (tertiary/aromatic N) is 1. The Morgan fingerprint density at radius 2 is 1.91 bits per heavy atom. The van der Waals surface area contributed by atoms with E-state index in [1.54, 1.807) is 17.5 Å². The van der Waals surface area contributed by atoms with E-state index in [-0.39, 0.29) is 29.8 Å². The molecule has 0 bridgehead atoms. The van der Waals surface area contributed by atoms with Crippen molar-refractivity contribution in [2.75, 3.05) is 23.5 Å². The molecule has 2 aromatic rings. The van der Waals surface area contributed by atoms with Gasteiger partial charge < -0.3 is 10.1 Å². The zero-order chi connectivity index (χ0) is 24.7. The predicted molar refractivity (Wildman–Crippen MR) is 129 cm³/mol. The van der Waals surface area contributed by atoms with Gasteiger partial charge in [-0.05, 0) is 31.9 Å². The maximum Gasteiger partial charge on any atom is 0.325 e. The molecule has 34 heavy (non-hydrogen) atoms. The van der Waals surface area contributed by atoms with Crippen LogP contribution in [-0.2, 0) is 26.1 Å². The zero-order valence-electron chi connectivity index (χ0n) is 19.0. The number of hydrogen-bond acceptors (Lipinski definition) is 8. The molecule has 10 nitrogen and oxygen atoms in total. The number of aromatic nitrogens is 1. The topological polar surface area (TPSA) is 144 Å². The highest BCUT2D eigenvalue weighted by atomic mass is 32.2. The van der Waals surface area contributed by atoms with Gasteiger partial charge in [-0.15, -0.1) is 11.3 Å². The molecule has 0 spiro atoms. The van der Waals surface area contributed by atoms with Crippen LogP contribution in [0.1, 0.15) is 53.7 Å². The van der Waals surface area contributed by atoms with Gasteiger partial charge in [-0.2, -0.15) is 0 Å². The summed E-state index contributed by atoms with van der Waals surface area (Å²) in [4.78, 5) is 40.8. The molecular weight excluding hydrogens is 480 g/mol. The first-order valence-electron chi connectivity index (χ1n) is 10.9. The van der Waals surface area contributed by atoms with Gasteiger partial charge in [0.1, 0.15) is 0 Å². The molecule has 12 heteroatoms. The number of aryl methyl sites for hydroxylation is 1. The van der Waals surface area contributed by atoms with Gasteiger partial charge in [-0.3, -0.25) is 14.9 Å². The van der Waals surface area contributed by atoms with E-state index >= 15 is 0 Å². The average Bonchev–Trinajstić information content (AvgIpc) is 3.49. The number of Topliss-reactive ketones (excluding diaryl/α,β-unsaturated/α-hetero) is 1. The molecule has 0 aliphatic heterocycles. The monoisotopic (exact) mass is 508 g/mol. The number of rotatable bonds is 10. The lowest BCUT2D eigenvalue weighted by Crippen LogP contribution is -2.27. The van der Waals surface area contributed by atoms with E-state index < -0.39 is 27.8 Å². The molecule has 1 aromatic heterocycles. The molecular formula is C22H28N4O6S2. The molecule has 0 saturated heterocycles. The van der Waals surface area contributed by atoms with Gasteiger partial charge >= 0.3 is 12.0 Å². The third-order valence-corrected chi connectivity index (χ3v) is 7.59. The first kappa shape index (κ1) is 25.8. The Labute approximate surface area is 202 Å². The summed E-state index contributed by atoms with van der Waals surface area (Å²) >= 11 is 1.14. The van der Waals surface area contributed by atoms with Gasteiger partial charge in [0.05, 0.1) is 37.2 Å². The van der Waals surface area contributed by atoms with E-state index in [0.717, 1.165) is 42.6 Å². The minimum Gasteiger partial charge on any atom is -0.469 e. The molecule has 2 amide bonds. The second-order valence-corrected chi connectivity index (χ2v) is 10.9. The van der Waals surface area contributed by atoms with Crippen LogP contribution in [0, 0.1) is 12.8 Å². The van der Waals surface area contributed by atoms with Crippen molar-refractivity contribution in [3.63, 3.8) is 0 Å². The lowest BCUT2D eigenvalue weighted by molar-refractivity contribution is -0.140. The minimum atomic E-state index is -3.68. The molecule has 184 valence electrons. The normalized spacial score (nSPS) is 14.1. The molecule has 1 saturated carbocycles. The van der Waals surface area contributed by atoms with Crippen molar-refractivity contribution in [3.8, 4) is 0 Å². The summed E-state index contributed by atoms with van der Waals surface area (Å²) in [5, 5.41) is 7.23. The van der Waals surface area contributed by atoms with Crippen molar-refractivity contribution in [1.82, 2.24) is 9.71 Å². The van der Waals surface area contributed by atoms with Gasteiger partial charge in [0.15, 0.2) is 10.9 Å². The number of carbonyl (C=O) groups is 3. The first-order valence-corrected chi connectivity index (χ1v) is 13.4. The molecule has 1 fully saturated rings. The highest BCUT2D eigenvalue weighted by Crippen LogP contribution is 2.31. The van der Waals surface area contributed by atoms with Crippen molar-refractivity contribution in [2.45, 2.75) is 45.6 Å². The number of ether oxygens (including phenoxy) is 1. The van der Waals surface area contributed by atoms with Gasteiger partial charge in [-0.1, -0.05) is 24.5 Å². The zero-order valence-corrected chi connectivity index (χ0v) is 20.7. The molecule has 3 rings (SSSR count). The van der Waals surface area contributed by atoms with Crippen molar-refractivity contribution in [1.29, 1.82) is 0 Å². The largest absolute Gasteiger partial charge is 0.469 e. The number of benzene rings is 1. The van der Waals surface area contributed by atoms with E-state index in [1.165, 1.54) is 7.11 Å². The van der Waals surface area contributed by atoms with Crippen LogP contribution >= 0.6 is 11.3 Å². The van der Waals surface area contributed by atoms with E-state index in [9.17, 15) is 22.8 Å². The summed E-state index contributed by atoms with van der Waals surface area (Å²) in [7, 11) is -2.49. The summed E-state index contributed by atoms with van der Waals surface area (Å²) < 4.78 is 30.7. The predicted octanol–water partition coefficient (Wildman–Crippen LogP) is 3.45. The van der Waals surface area contributed by atoms with Crippen LogP contribution in [0.15, 0.2) is 23.6 Å². The van der Waals surface area contributed by atoms with Crippen LogP contribution in [0.3, 0.4) is 0 Å². The van der Waals surface area contributed by atoms with Crippen LogP contribution in [0.5, 0.6) is 0 Å². The number of urea groups is 1. The van der Waals surface area contributed by atoms with Gasteiger partial charge in [0, 0.05) is 16.9 Å². The number of sulfonamides is 1. The average molecular weight is 509 g/mol. The van der Waals surface area contributed by atoms with Crippen LogP contribution in [0.25, 0.3) is 0 Å². The Morgan fingerprint density at radius 1 is 1.18 bits per heavy atom. The number of ketones is 1. The second-order valence-electron chi connectivity index (χ2n) is 8.08. The second kappa shape index (κ2) is 11.5. The summed E-state index contributed by atoms with van der Waals surface area (Å²) in [6.07, 6.45) is 3.57. The third-order valence-electron chi connectivity index (χ3n) is 5.46. The number of nitrogens with one attached hydrogen (secondary N) is 3. The molecule has 0 radical (unpaired) electrons. The maximum atomic E-state index is 13.0. The van der Waals surface area contributed by atoms with Crippen molar-refractivity contribution in [3.05, 3.63) is 40.4 Å². The highest BCUT2D eigenvalue weighted by Gasteiger charge is 2.26. The standard InChI is InChI=1S/C22H28N4O6S2/c1-14-7-8-18(17(11-14)20(28)15-5-3-4-6-15)25-21(29)26-22-24-16(13-33-22)12-23-34(30,31)10-9-19(27)32-2/h7-8,11,13,15,23H,3-6,9-10,12H2,1-2H3,(H2,24,25,26,29). The molecule has 1 aliphatic carbocycles. The molecule has 0 atom stereocenters. The van der Waals surface area contributed by atoms with Gasteiger partial charge in [0.25, 0.3) is 0 Å². The number of carbonyl (C=O) groups excluding carboxylic acids is 3. The number of methoxy groups -OCH3 is 1. The van der Waals surface area contributed by atoms with E-state index in [1.807, 2.05) is 13.0 Å². The number of esters is 1. The lowest BCUT2D eigenvalue weighted by atomic mass is 9.94. The SMILES string of the molecule is COC(=O)CCS(=O)(=O)NCc1csc(NC(=O)Nc2ccc(C)cc2C(=O)C2CCCC2)n1. The fourth-order valence-corrected chi connectivity index (χ4v) is 5.30. The Bertz CT molecular complexity index is 1160. The maximum absolute atomic E-state index is 13.0.